The van der Waals surface area contributed by atoms with E-state index in [9.17, 15) is 9.59 Å². The number of rotatable bonds is 5. The summed E-state index contributed by atoms with van der Waals surface area (Å²) in [5.74, 6) is -2.13. The Balaban J connectivity index is 1.33. The number of halogens is 5. The highest BCUT2D eigenvalue weighted by atomic mass is 35.5. The van der Waals surface area contributed by atoms with Gasteiger partial charge in [-0.1, -0.05) is 34.8 Å². The van der Waals surface area contributed by atoms with Crippen LogP contribution in [0.2, 0.25) is 15.1 Å². The van der Waals surface area contributed by atoms with Crippen molar-refractivity contribution in [3.05, 3.63) is 81.1 Å². The monoisotopic (exact) mass is 581 g/mol. The van der Waals surface area contributed by atoms with Crippen molar-refractivity contribution in [1.82, 2.24) is 14.8 Å². The van der Waals surface area contributed by atoms with Crippen LogP contribution in [0.15, 0.2) is 54.9 Å². The van der Waals surface area contributed by atoms with Gasteiger partial charge >= 0.3 is 0 Å². The van der Waals surface area contributed by atoms with Gasteiger partial charge in [0.2, 0.25) is 5.91 Å². The van der Waals surface area contributed by atoms with Crippen LogP contribution < -0.4 is 10.6 Å². The third-order valence-corrected chi connectivity index (χ3v) is 7.59. The number of amides is 2. The van der Waals surface area contributed by atoms with Gasteiger partial charge < -0.3 is 10.6 Å². The predicted molar refractivity (Wildman–Crippen MR) is 144 cm³/mol. The first kappa shape index (κ1) is 25.1. The van der Waals surface area contributed by atoms with Crippen LogP contribution >= 0.6 is 58.0 Å². The van der Waals surface area contributed by atoms with Crippen molar-refractivity contribution in [2.75, 3.05) is 10.6 Å². The summed E-state index contributed by atoms with van der Waals surface area (Å²) in [6.45, 7) is 0. The van der Waals surface area contributed by atoms with E-state index in [2.05, 4.69) is 20.7 Å². The first-order valence-electron chi connectivity index (χ1n) is 10.6. The largest absolute Gasteiger partial charge is 0.326 e. The predicted octanol–water partition coefficient (Wildman–Crippen LogP) is 6.71. The van der Waals surface area contributed by atoms with Crippen LogP contribution in [0.25, 0.3) is 11.0 Å². The second-order valence-electron chi connectivity index (χ2n) is 8.38. The first-order chi connectivity index (χ1) is 17.0. The maximum atomic E-state index is 13.0. The van der Waals surface area contributed by atoms with Crippen molar-refractivity contribution in [3.8, 4) is 0 Å². The lowest BCUT2D eigenvalue weighted by molar-refractivity contribution is -0.117. The first-order valence-corrected chi connectivity index (χ1v) is 12.5. The zero-order valence-electron chi connectivity index (χ0n) is 18.4. The third kappa shape index (κ3) is 4.74. The molecule has 2 N–H and O–H groups in total. The topological polar surface area (TPSA) is 88.9 Å². The van der Waals surface area contributed by atoms with Crippen molar-refractivity contribution in [3.63, 3.8) is 0 Å². The normalized spacial score (nSPS) is 18.2. The summed E-state index contributed by atoms with van der Waals surface area (Å²) in [5, 5.41) is 11.5. The average molecular weight is 584 g/mol. The number of aromatic nitrogens is 3. The summed E-state index contributed by atoms with van der Waals surface area (Å²) in [7, 11) is 1.78. The zero-order chi connectivity index (χ0) is 25.8. The zero-order valence-corrected chi connectivity index (χ0v) is 22.2. The summed E-state index contributed by atoms with van der Waals surface area (Å²) >= 11 is 31.3. The van der Waals surface area contributed by atoms with E-state index < -0.39 is 28.0 Å². The second-order valence-corrected chi connectivity index (χ2v) is 11.1. The van der Waals surface area contributed by atoms with E-state index >= 15 is 0 Å². The number of hydrogen-bond donors (Lipinski definition) is 2. The molecule has 7 nitrogen and oxygen atoms in total. The molecule has 1 aliphatic rings. The number of pyridine rings is 1. The molecule has 1 saturated carbocycles. The van der Waals surface area contributed by atoms with Crippen LogP contribution in [0.4, 0.5) is 11.4 Å². The Kier molecular flexibility index (Phi) is 6.55. The molecule has 0 bridgehead atoms. The van der Waals surface area contributed by atoms with Crippen LogP contribution in [-0.2, 0) is 11.8 Å². The highest BCUT2D eigenvalue weighted by molar-refractivity contribution is 6.53. The molecule has 2 amide bonds. The van der Waals surface area contributed by atoms with E-state index in [1.807, 2.05) is 0 Å². The number of nitrogens with zero attached hydrogens (tertiary/aromatic N) is 3. The van der Waals surface area contributed by atoms with Crippen molar-refractivity contribution in [2.45, 2.75) is 10.3 Å². The van der Waals surface area contributed by atoms with E-state index in [-0.39, 0.29) is 10.6 Å². The maximum absolute atomic E-state index is 13.0. The lowest BCUT2D eigenvalue weighted by atomic mass is 10.1. The number of aryl methyl sites for hydroxylation is 1. The summed E-state index contributed by atoms with van der Waals surface area (Å²) < 4.78 is 0.300. The molecule has 184 valence electrons. The van der Waals surface area contributed by atoms with E-state index in [1.165, 1.54) is 18.3 Å². The molecule has 1 aliphatic carbocycles. The standard InChI is InChI=1S/C24H16Cl5N5O2/c1-34-21-12(9-31-34)6-16(10-30-21)33-22(35)17-8-15(2-3-18(17)27)32-23(36)20-19(24(20,28)29)11-4-13(25)7-14(26)5-11/h2-10,19-20H,1H3,(H,32,36)(H,33,35). The molecule has 12 heteroatoms. The molecule has 2 aromatic heterocycles. The minimum absolute atomic E-state index is 0.165. The lowest BCUT2D eigenvalue weighted by Crippen LogP contribution is -2.18. The molecular formula is C24H16Cl5N5O2. The molecule has 2 aromatic carbocycles. The minimum Gasteiger partial charge on any atom is -0.326 e. The van der Waals surface area contributed by atoms with Crippen LogP contribution in [0.5, 0.6) is 0 Å². The van der Waals surface area contributed by atoms with E-state index in [0.29, 0.717) is 32.6 Å². The van der Waals surface area contributed by atoms with Crippen LogP contribution in [0.3, 0.4) is 0 Å². The molecule has 0 spiro atoms. The van der Waals surface area contributed by atoms with Gasteiger partial charge in [0.1, 0.15) is 4.33 Å². The molecule has 0 radical (unpaired) electrons. The minimum atomic E-state index is -1.33. The number of carbonyl (C=O) groups excluding carboxylic acids is 2. The molecule has 2 unspecified atom stereocenters. The second kappa shape index (κ2) is 9.39. The highest BCUT2D eigenvalue weighted by Crippen LogP contribution is 2.65. The fourth-order valence-electron chi connectivity index (χ4n) is 4.13. The summed E-state index contributed by atoms with van der Waals surface area (Å²) in [6, 6.07) is 11.3. The quantitative estimate of drug-likeness (QED) is 0.256. The summed E-state index contributed by atoms with van der Waals surface area (Å²) in [5.41, 5.74) is 2.34. The van der Waals surface area contributed by atoms with E-state index in [4.69, 9.17) is 58.0 Å². The number of alkyl halides is 2. The van der Waals surface area contributed by atoms with Crippen molar-refractivity contribution in [2.24, 2.45) is 13.0 Å². The van der Waals surface area contributed by atoms with Crippen molar-refractivity contribution < 1.29 is 9.59 Å². The van der Waals surface area contributed by atoms with Gasteiger partial charge in [-0.15, -0.1) is 23.2 Å². The Bertz CT molecular complexity index is 1520. The average Bonchev–Trinajstić information content (AvgIpc) is 3.21. The molecule has 2 heterocycles. The van der Waals surface area contributed by atoms with Crippen LogP contribution in [-0.4, -0.2) is 30.9 Å². The van der Waals surface area contributed by atoms with Gasteiger partial charge in [-0.2, -0.15) is 5.10 Å². The van der Waals surface area contributed by atoms with Crippen molar-refractivity contribution >= 4 is 92.2 Å². The van der Waals surface area contributed by atoms with Gasteiger partial charge in [-0.25, -0.2) is 4.98 Å². The highest BCUT2D eigenvalue weighted by Gasteiger charge is 2.67. The van der Waals surface area contributed by atoms with E-state index in [1.54, 1.807) is 48.3 Å². The Morgan fingerprint density at radius 1 is 0.944 bits per heavy atom. The molecule has 36 heavy (non-hydrogen) atoms. The molecular weight excluding hydrogens is 568 g/mol. The van der Waals surface area contributed by atoms with Gasteiger partial charge in [-0.05, 0) is 48.0 Å². The lowest BCUT2D eigenvalue weighted by Gasteiger charge is -2.10. The van der Waals surface area contributed by atoms with E-state index in [0.717, 1.165) is 5.39 Å². The fraction of sp³-hybridized carbons (Fsp3) is 0.167. The van der Waals surface area contributed by atoms with Crippen LogP contribution in [0, 0.1) is 5.92 Å². The SMILES string of the molecule is Cn1ncc2cc(NC(=O)c3cc(NC(=O)C4C(c5cc(Cl)cc(Cl)c5)C4(Cl)Cl)ccc3Cl)cnc21. The molecule has 2 atom stereocenters. The van der Waals surface area contributed by atoms with Crippen LogP contribution in [0.1, 0.15) is 21.8 Å². The van der Waals surface area contributed by atoms with Gasteiger partial charge in [0.05, 0.1) is 34.6 Å². The molecule has 4 aromatic rings. The number of nitrogens with one attached hydrogen (secondary N) is 2. The molecule has 5 rings (SSSR count). The third-order valence-electron chi connectivity index (χ3n) is 5.89. The smallest absolute Gasteiger partial charge is 0.257 e. The molecule has 0 aliphatic heterocycles. The Hall–Kier alpha value is -2.55. The Labute approximate surface area is 230 Å². The number of fused-ring (bicyclic) bond motifs is 1. The number of benzene rings is 2. The number of anilines is 2. The number of carbonyl (C=O) groups is 2. The molecule has 1 fully saturated rings. The van der Waals surface area contributed by atoms with Crippen molar-refractivity contribution in [1.29, 1.82) is 0 Å². The number of hydrogen-bond acceptors (Lipinski definition) is 4. The maximum Gasteiger partial charge on any atom is 0.257 e. The Morgan fingerprint density at radius 3 is 2.39 bits per heavy atom. The van der Waals surface area contributed by atoms with Gasteiger partial charge in [0.25, 0.3) is 5.91 Å². The molecule has 0 saturated heterocycles. The van der Waals surface area contributed by atoms with Gasteiger partial charge in [0, 0.05) is 34.1 Å². The summed E-state index contributed by atoms with van der Waals surface area (Å²) in [6.07, 6.45) is 3.18. The van der Waals surface area contributed by atoms with Gasteiger partial charge in [-0.3, -0.25) is 14.3 Å². The fourth-order valence-corrected chi connectivity index (χ4v) is 5.70. The van der Waals surface area contributed by atoms with Gasteiger partial charge in [0.15, 0.2) is 5.65 Å². The summed E-state index contributed by atoms with van der Waals surface area (Å²) in [4.78, 5) is 30.3. The Morgan fingerprint density at radius 2 is 1.67 bits per heavy atom.